The summed E-state index contributed by atoms with van der Waals surface area (Å²) in [7, 11) is 0. The highest BCUT2D eigenvalue weighted by Gasteiger charge is 2.21. The number of nitrogens with zero attached hydrogens (tertiary/aromatic N) is 2. The molecule has 1 aromatic rings. The molecule has 2 rings (SSSR count). The zero-order valence-corrected chi connectivity index (χ0v) is 10.3. The molecule has 98 valence electrons. The second-order valence-corrected chi connectivity index (χ2v) is 4.73. The average Bonchev–Trinajstić information content (AvgIpc) is 2.28. The molecular formula is C12H17N3O3. The SMILES string of the molecule is Cc1cc(OC2CCCC(N)C2)ncc1[N+](=O)[O-]. The van der Waals surface area contributed by atoms with Crippen molar-refractivity contribution in [3.63, 3.8) is 0 Å². The molecule has 0 bridgehead atoms. The van der Waals surface area contributed by atoms with Crippen molar-refractivity contribution in [1.29, 1.82) is 0 Å². The van der Waals surface area contributed by atoms with Gasteiger partial charge in [-0.3, -0.25) is 10.1 Å². The number of nitro groups is 1. The van der Waals surface area contributed by atoms with Crippen molar-refractivity contribution in [2.45, 2.75) is 44.8 Å². The Bertz CT molecular complexity index is 450. The topological polar surface area (TPSA) is 91.3 Å². The minimum absolute atomic E-state index is 0.0164. The highest BCUT2D eigenvalue weighted by atomic mass is 16.6. The number of aromatic nitrogens is 1. The molecule has 2 atom stereocenters. The van der Waals surface area contributed by atoms with Crippen LogP contribution in [0, 0.1) is 17.0 Å². The Morgan fingerprint density at radius 1 is 1.56 bits per heavy atom. The Kier molecular flexibility index (Phi) is 3.76. The van der Waals surface area contributed by atoms with E-state index < -0.39 is 4.92 Å². The second-order valence-electron chi connectivity index (χ2n) is 4.73. The third kappa shape index (κ3) is 2.95. The number of hydrogen-bond acceptors (Lipinski definition) is 5. The Labute approximate surface area is 105 Å². The number of hydrogen-bond donors (Lipinski definition) is 1. The van der Waals surface area contributed by atoms with Gasteiger partial charge in [0.05, 0.1) is 4.92 Å². The van der Waals surface area contributed by atoms with Crippen LogP contribution < -0.4 is 10.5 Å². The molecule has 0 saturated heterocycles. The summed E-state index contributed by atoms with van der Waals surface area (Å²) in [5.41, 5.74) is 6.46. The largest absolute Gasteiger partial charge is 0.474 e. The monoisotopic (exact) mass is 251 g/mol. The first kappa shape index (κ1) is 12.8. The minimum Gasteiger partial charge on any atom is -0.474 e. The lowest BCUT2D eigenvalue weighted by Crippen LogP contribution is -2.33. The van der Waals surface area contributed by atoms with Crippen LogP contribution in [0.5, 0.6) is 5.88 Å². The smallest absolute Gasteiger partial charge is 0.290 e. The molecule has 6 heteroatoms. The van der Waals surface area contributed by atoms with Gasteiger partial charge in [0.2, 0.25) is 5.88 Å². The molecule has 0 amide bonds. The lowest BCUT2D eigenvalue weighted by atomic mass is 9.94. The molecule has 0 radical (unpaired) electrons. The summed E-state index contributed by atoms with van der Waals surface area (Å²) in [6.45, 7) is 1.68. The first-order valence-corrected chi connectivity index (χ1v) is 6.09. The standard InChI is InChI=1S/C12H17N3O3/c1-8-5-12(14-7-11(8)15(16)17)18-10-4-2-3-9(13)6-10/h5,7,9-10H,2-4,6,13H2,1H3. The molecule has 2 unspecified atom stereocenters. The van der Waals surface area contributed by atoms with Crippen molar-refractivity contribution in [1.82, 2.24) is 4.98 Å². The first-order chi connectivity index (χ1) is 8.56. The molecule has 0 aliphatic heterocycles. The Morgan fingerprint density at radius 3 is 2.94 bits per heavy atom. The van der Waals surface area contributed by atoms with E-state index in [1.54, 1.807) is 13.0 Å². The van der Waals surface area contributed by atoms with E-state index in [1.807, 2.05) is 0 Å². The van der Waals surface area contributed by atoms with Crippen LogP contribution in [0.4, 0.5) is 5.69 Å². The summed E-state index contributed by atoms with van der Waals surface area (Å²) in [4.78, 5) is 14.2. The van der Waals surface area contributed by atoms with Crippen molar-refractivity contribution in [2.24, 2.45) is 5.73 Å². The maximum Gasteiger partial charge on any atom is 0.290 e. The van der Waals surface area contributed by atoms with Gasteiger partial charge < -0.3 is 10.5 Å². The first-order valence-electron chi connectivity index (χ1n) is 6.09. The molecule has 1 saturated carbocycles. The van der Waals surface area contributed by atoms with Crippen molar-refractivity contribution in [3.05, 3.63) is 27.9 Å². The van der Waals surface area contributed by atoms with Gasteiger partial charge >= 0.3 is 0 Å². The molecular weight excluding hydrogens is 234 g/mol. The zero-order valence-electron chi connectivity index (χ0n) is 10.3. The predicted molar refractivity (Wildman–Crippen MR) is 66.5 cm³/mol. The Morgan fingerprint density at radius 2 is 2.33 bits per heavy atom. The molecule has 1 aliphatic carbocycles. The van der Waals surface area contributed by atoms with Gasteiger partial charge in [0.15, 0.2) is 0 Å². The van der Waals surface area contributed by atoms with E-state index >= 15 is 0 Å². The van der Waals surface area contributed by atoms with Crippen LogP contribution in [0.3, 0.4) is 0 Å². The van der Waals surface area contributed by atoms with Gasteiger partial charge in [0, 0.05) is 17.7 Å². The fraction of sp³-hybridized carbons (Fsp3) is 0.583. The van der Waals surface area contributed by atoms with Crippen LogP contribution >= 0.6 is 0 Å². The van der Waals surface area contributed by atoms with Gasteiger partial charge in [0.25, 0.3) is 5.69 Å². The summed E-state index contributed by atoms with van der Waals surface area (Å²) in [6.07, 6.45) is 5.18. The molecule has 6 nitrogen and oxygen atoms in total. The second kappa shape index (κ2) is 5.30. The Hall–Kier alpha value is -1.69. The van der Waals surface area contributed by atoms with E-state index in [-0.39, 0.29) is 17.8 Å². The highest BCUT2D eigenvalue weighted by molar-refractivity contribution is 5.39. The van der Waals surface area contributed by atoms with Crippen LogP contribution in [0.1, 0.15) is 31.2 Å². The number of aryl methyl sites for hydroxylation is 1. The van der Waals surface area contributed by atoms with Crippen molar-refractivity contribution < 1.29 is 9.66 Å². The van der Waals surface area contributed by atoms with Crippen LogP contribution in [-0.2, 0) is 0 Å². The van der Waals surface area contributed by atoms with Crippen LogP contribution in [-0.4, -0.2) is 22.1 Å². The van der Waals surface area contributed by atoms with Crippen LogP contribution in [0.15, 0.2) is 12.3 Å². The summed E-state index contributed by atoms with van der Waals surface area (Å²) in [5, 5.41) is 10.7. The van der Waals surface area contributed by atoms with Crippen molar-refractivity contribution >= 4 is 5.69 Å². The van der Waals surface area contributed by atoms with Gasteiger partial charge in [-0.15, -0.1) is 0 Å². The van der Waals surface area contributed by atoms with Crippen LogP contribution in [0.2, 0.25) is 0 Å². The van der Waals surface area contributed by atoms with E-state index in [0.29, 0.717) is 11.4 Å². The maximum absolute atomic E-state index is 10.7. The molecule has 1 heterocycles. The molecule has 0 spiro atoms. The molecule has 18 heavy (non-hydrogen) atoms. The number of pyridine rings is 1. The van der Waals surface area contributed by atoms with E-state index in [1.165, 1.54) is 6.20 Å². The van der Waals surface area contributed by atoms with Gasteiger partial charge in [-0.2, -0.15) is 0 Å². The van der Waals surface area contributed by atoms with E-state index in [0.717, 1.165) is 25.7 Å². The normalized spacial score (nSPS) is 23.7. The van der Waals surface area contributed by atoms with Gasteiger partial charge in [-0.05, 0) is 32.6 Å². The van der Waals surface area contributed by atoms with Gasteiger partial charge in [0.1, 0.15) is 12.3 Å². The highest BCUT2D eigenvalue weighted by Crippen LogP contribution is 2.24. The molecule has 1 aliphatic rings. The third-order valence-corrected chi connectivity index (χ3v) is 3.21. The zero-order chi connectivity index (χ0) is 13.1. The van der Waals surface area contributed by atoms with E-state index in [2.05, 4.69) is 4.98 Å². The summed E-state index contributed by atoms with van der Waals surface area (Å²) < 4.78 is 5.73. The maximum atomic E-state index is 10.7. The molecule has 1 fully saturated rings. The lowest BCUT2D eigenvalue weighted by molar-refractivity contribution is -0.385. The average molecular weight is 251 g/mol. The quantitative estimate of drug-likeness (QED) is 0.654. The summed E-state index contributed by atoms with van der Waals surface area (Å²) >= 11 is 0. The fourth-order valence-corrected chi connectivity index (χ4v) is 2.24. The lowest BCUT2D eigenvalue weighted by Gasteiger charge is -2.26. The third-order valence-electron chi connectivity index (χ3n) is 3.21. The van der Waals surface area contributed by atoms with Crippen molar-refractivity contribution in [2.75, 3.05) is 0 Å². The van der Waals surface area contributed by atoms with E-state index in [9.17, 15) is 10.1 Å². The van der Waals surface area contributed by atoms with Gasteiger partial charge in [-0.1, -0.05) is 0 Å². The summed E-state index contributed by atoms with van der Waals surface area (Å²) in [6, 6.07) is 1.79. The molecule has 1 aromatic heterocycles. The van der Waals surface area contributed by atoms with Gasteiger partial charge in [-0.25, -0.2) is 4.98 Å². The van der Waals surface area contributed by atoms with E-state index in [4.69, 9.17) is 10.5 Å². The Balaban J connectivity index is 2.05. The molecule has 2 N–H and O–H groups in total. The number of nitrogens with two attached hydrogens (primary N) is 1. The molecule has 0 aromatic carbocycles. The van der Waals surface area contributed by atoms with Crippen LogP contribution in [0.25, 0.3) is 0 Å². The summed E-state index contributed by atoms with van der Waals surface area (Å²) in [5.74, 6) is 0.442. The minimum atomic E-state index is -0.442. The number of rotatable bonds is 3. The number of ether oxygens (including phenoxy) is 1. The van der Waals surface area contributed by atoms with Crippen molar-refractivity contribution in [3.8, 4) is 5.88 Å². The predicted octanol–water partition coefficient (Wildman–Crippen LogP) is 1.95. The fourth-order valence-electron chi connectivity index (χ4n) is 2.24.